The molecule has 0 unspecified atom stereocenters. The highest BCUT2D eigenvalue weighted by Gasteiger charge is 2.36. The highest BCUT2D eigenvalue weighted by atomic mass is 35.5. The Kier molecular flexibility index (Phi) is 5.11. The summed E-state index contributed by atoms with van der Waals surface area (Å²) in [5.41, 5.74) is 1.45. The minimum atomic E-state index is -3.76. The van der Waals surface area contributed by atoms with Crippen LogP contribution in [0.15, 0.2) is 34.1 Å². The monoisotopic (exact) mass is 440 g/mol. The van der Waals surface area contributed by atoms with E-state index in [2.05, 4.69) is 5.10 Å². The van der Waals surface area contributed by atoms with Gasteiger partial charge >= 0.3 is 4.87 Å². The van der Waals surface area contributed by atoms with Gasteiger partial charge in [0.1, 0.15) is 0 Å². The van der Waals surface area contributed by atoms with Crippen LogP contribution in [-0.2, 0) is 24.1 Å². The second-order valence-corrected chi connectivity index (χ2v) is 10.3. The lowest BCUT2D eigenvalue weighted by Gasteiger charge is -2.29. The van der Waals surface area contributed by atoms with Crippen molar-refractivity contribution in [3.8, 4) is 0 Å². The molecular weight excluding hydrogens is 420 g/mol. The van der Waals surface area contributed by atoms with Gasteiger partial charge in [-0.3, -0.25) is 9.48 Å². The summed E-state index contributed by atoms with van der Waals surface area (Å²) in [6.07, 6.45) is 4.94. The molecule has 1 fully saturated rings. The van der Waals surface area contributed by atoms with Crippen LogP contribution in [0.5, 0.6) is 0 Å². The number of nitrogens with zero attached hydrogens (tertiary/aromatic N) is 4. The van der Waals surface area contributed by atoms with Gasteiger partial charge in [-0.1, -0.05) is 35.8 Å². The normalized spacial score (nSPS) is 19.2. The standard InChI is InChI=1S/C18H21ClN4O3S2/c1-21-14-8-7-12(10-16(14)27-18(21)24)28(25,26)23-9-5-3-4-6-15(23)17-13(19)11-20-22(17)2/h7-8,10-11,15H,3-6,9H2,1-2H3/t15-/m0/s1. The van der Waals surface area contributed by atoms with Gasteiger partial charge in [0, 0.05) is 20.6 Å². The third-order valence-electron chi connectivity index (χ3n) is 5.33. The summed E-state index contributed by atoms with van der Waals surface area (Å²) in [6.45, 7) is 0.428. The predicted molar refractivity (Wildman–Crippen MR) is 110 cm³/mol. The van der Waals surface area contributed by atoms with Crippen LogP contribution in [0.3, 0.4) is 0 Å². The van der Waals surface area contributed by atoms with Crippen LogP contribution >= 0.6 is 22.9 Å². The highest BCUT2D eigenvalue weighted by molar-refractivity contribution is 7.89. The molecule has 1 atom stereocenters. The molecule has 28 heavy (non-hydrogen) atoms. The van der Waals surface area contributed by atoms with Crippen molar-refractivity contribution in [2.24, 2.45) is 14.1 Å². The van der Waals surface area contributed by atoms with Gasteiger partial charge in [-0.2, -0.15) is 9.40 Å². The van der Waals surface area contributed by atoms with Crippen molar-refractivity contribution in [2.45, 2.75) is 36.6 Å². The molecule has 7 nitrogen and oxygen atoms in total. The molecule has 4 rings (SSSR count). The Labute approximate surface area is 172 Å². The molecule has 0 radical (unpaired) electrons. The first-order chi connectivity index (χ1) is 13.3. The topological polar surface area (TPSA) is 77.2 Å². The van der Waals surface area contributed by atoms with Crippen LogP contribution in [0.1, 0.15) is 37.4 Å². The number of halogens is 1. The molecule has 0 saturated carbocycles. The van der Waals surface area contributed by atoms with Crippen LogP contribution in [-0.4, -0.2) is 33.6 Å². The van der Waals surface area contributed by atoms with Gasteiger partial charge in [-0.05, 0) is 31.0 Å². The molecule has 10 heteroatoms. The Bertz CT molecular complexity index is 1180. The third-order valence-corrected chi connectivity index (χ3v) is 8.52. The molecule has 1 aliphatic rings. The lowest BCUT2D eigenvalue weighted by Crippen LogP contribution is -2.35. The maximum Gasteiger partial charge on any atom is 0.307 e. The van der Waals surface area contributed by atoms with Crippen molar-refractivity contribution in [2.75, 3.05) is 6.54 Å². The third kappa shape index (κ3) is 3.20. The minimum Gasteiger partial charge on any atom is -0.302 e. The van der Waals surface area contributed by atoms with E-state index in [9.17, 15) is 13.2 Å². The second kappa shape index (κ2) is 7.29. The number of fused-ring (bicyclic) bond motifs is 1. The summed E-state index contributed by atoms with van der Waals surface area (Å²) in [7, 11) is -0.293. The molecule has 1 aliphatic heterocycles. The molecule has 0 N–H and O–H groups in total. The molecule has 2 aromatic heterocycles. The SMILES string of the molecule is Cn1ncc(Cl)c1[C@@H]1CCCCCN1S(=O)(=O)c1ccc2c(c1)sc(=O)n2C. The lowest BCUT2D eigenvalue weighted by atomic mass is 10.1. The van der Waals surface area contributed by atoms with Gasteiger partial charge in [-0.15, -0.1) is 0 Å². The molecular formula is C18H21ClN4O3S2. The Balaban J connectivity index is 1.82. The minimum absolute atomic E-state index is 0.112. The Morgan fingerprint density at radius 1 is 1.21 bits per heavy atom. The number of aryl methyl sites for hydroxylation is 2. The Morgan fingerprint density at radius 2 is 2.00 bits per heavy atom. The van der Waals surface area contributed by atoms with E-state index in [0.717, 1.165) is 41.8 Å². The Hall–Kier alpha value is -1.68. The summed E-state index contributed by atoms with van der Waals surface area (Å²) >= 11 is 7.40. The number of hydrogen-bond acceptors (Lipinski definition) is 5. The molecule has 3 aromatic rings. The molecule has 0 amide bonds. The second-order valence-electron chi connectivity index (χ2n) is 7.04. The summed E-state index contributed by atoms with van der Waals surface area (Å²) in [5.74, 6) is 0. The van der Waals surface area contributed by atoms with Crippen LogP contribution in [0.25, 0.3) is 10.2 Å². The van der Waals surface area contributed by atoms with Gasteiger partial charge in [-0.25, -0.2) is 8.42 Å². The fraction of sp³-hybridized carbons (Fsp3) is 0.444. The summed E-state index contributed by atoms with van der Waals surface area (Å²) in [5, 5.41) is 4.67. The average molecular weight is 441 g/mol. The number of benzene rings is 1. The van der Waals surface area contributed by atoms with Gasteiger partial charge < -0.3 is 4.57 Å². The summed E-state index contributed by atoms with van der Waals surface area (Å²) in [4.78, 5) is 12.0. The zero-order valence-electron chi connectivity index (χ0n) is 15.6. The first kappa shape index (κ1) is 19.6. The highest BCUT2D eigenvalue weighted by Crippen LogP contribution is 2.37. The molecule has 3 heterocycles. The average Bonchev–Trinajstić information content (AvgIpc) is 3.01. The maximum atomic E-state index is 13.6. The van der Waals surface area contributed by atoms with Gasteiger partial charge in [0.05, 0.1) is 38.1 Å². The first-order valence-electron chi connectivity index (χ1n) is 9.09. The van der Waals surface area contributed by atoms with Crippen LogP contribution in [0, 0.1) is 0 Å². The molecule has 150 valence electrons. The van der Waals surface area contributed by atoms with Crippen molar-refractivity contribution in [1.29, 1.82) is 0 Å². The van der Waals surface area contributed by atoms with Gasteiger partial charge in [0.25, 0.3) is 0 Å². The first-order valence-corrected chi connectivity index (χ1v) is 11.7. The number of thiazole rings is 1. The molecule has 0 aliphatic carbocycles. The number of aromatic nitrogens is 3. The fourth-order valence-electron chi connectivity index (χ4n) is 3.85. The van der Waals surface area contributed by atoms with E-state index in [0.29, 0.717) is 22.7 Å². The van der Waals surface area contributed by atoms with E-state index in [1.54, 1.807) is 47.5 Å². The number of sulfonamides is 1. The molecule has 0 spiro atoms. The largest absolute Gasteiger partial charge is 0.307 e. The van der Waals surface area contributed by atoms with Crippen molar-refractivity contribution < 1.29 is 8.42 Å². The zero-order valence-corrected chi connectivity index (χ0v) is 18.0. The molecule has 0 bridgehead atoms. The Morgan fingerprint density at radius 3 is 2.71 bits per heavy atom. The quantitative estimate of drug-likeness (QED) is 0.626. The zero-order chi connectivity index (χ0) is 20.1. The van der Waals surface area contributed by atoms with Crippen LogP contribution in [0.2, 0.25) is 5.02 Å². The van der Waals surface area contributed by atoms with E-state index < -0.39 is 10.0 Å². The van der Waals surface area contributed by atoms with Crippen LogP contribution in [0.4, 0.5) is 0 Å². The van der Waals surface area contributed by atoms with Crippen LogP contribution < -0.4 is 4.87 Å². The predicted octanol–water partition coefficient (Wildman–Crippen LogP) is 3.29. The van der Waals surface area contributed by atoms with Crippen molar-refractivity contribution in [1.82, 2.24) is 18.7 Å². The lowest BCUT2D eigenvalue weighted by molar-refractivity contribution is 0.315. The number of rotatable bonds is 3. The summed E-state index contributed by atoms with van der Waals surface area (Å²) in [6, 6.07) is 4.52. The summed E-state index contributed by atoms with van der Waals surface area (Å²) < 4.78 is 32.6. The number of hydrogen-bond donors (Lipinski definition) is 0. The van der Waals surface area contributed by atoms with E-state index >= 15 is 0 Å². The van der Waals surface area contributed by atoms with Gasteiger partial charge in [0.15, 0.2) is 0 Å². The van der Waals surface area contributed by atoms with E-state index in [4.69, 9.17) is 11.6 Å². The fourth-order valence-corrected chi connectivity index (χ4v) is 6.82. The van der Waals surface area contributed by atoms with Crippen molar-refractivity contribution in [3.63, 3.8) is 0 Å². The maximum absolute atomic E-state index is 13.6. The van der Waals surface area contributed by atoms with E-state index in [-0.39, 0.29) is 15.8 Å². The van der Waals surface area contributed by atoms with E-state index in [1.807, 2.05) is 0 Å². The van der Waals surface area contributed by atoms with Crippen molar-refractivity contribution >= 4 is 43.2 Å². The van der Waals surface area contributed by atoms with E-state index in [1.165, 1.54) is 4.57 Å². The van der Waals surface area contributed by atoms with Gasteiger partial charge in [0.2, 0.25) is 10.0 Å². The van der Waals surface area contributed by atoms with Crippen molar-refractivity contribution in [3.05, 3.63) is 44.8 Å². The smallest absolute Gasteiger partial charge is 0.302 e. The molecule has 1 aromatic carbocycles. The molecule has 1 saturated heterocycles.